The second-order valence-corrected chi connectivity index (χ2v) is 11.6. The second-order valence-electron chi connectivity index (χ2n) is 11.6. The fourth-order valence-corrected chi connectivity index (χ4v) is 5.09. The number of carbonyl (C=O) groups excluding carboxylic acids is 2. The molecular weight excluding hydrogens is 450 g/mol. The first-order valence-electron chi connectivity index (χ1n) is 13.2. The Bertz CT molecular complexity index is 1010. The van der Waals surface area contributed by atoms with Gasteiger partial charge in [0.15, 0.2) is 0 Å². The van der Waals surface area contributed by atoms with Gasteiger partial charge < -0.3 is 19.4 Å². The van der Waals surface area contributed by atoms with Gasteiger partial charge in [-0.25, -0.2) is 0 Å². The molecule has 4 rings (SSSR count). The van der Waals surface area contributed by atoms with Gasteiger partial charge in [0.2, 0.25) is 5.91 Å². The van der Waals surface area contributed by atoms with Crippen LogP contribution in [0.4, 0.5) is 0 Å². The van der Waals surface area contributed by atoms with Crippen molar-refractivity contribution >= 4 is 11.8 Å². The van der Waals surface area contributed by atoms with Crippen LogP contribution in [0.1, 0.15) is 56.0 Å². The highest BCUT2D eigenvalue weighted by Gasteiger charge is 2.40. The normalized spacial score (nSPS) is 18.7. The van der Waals surface area contributed by atoms with Crippen LogP contribution in [0, 0.1) is 5.41 Å². The first-order valence-corrected chi connectivity index (χ1v) is 13.2. The van der Waals surface area contributed by atoms with Crippen LogP contribution < -0.4 is 4.74 Å². The first-order chi connectivity index (χ1) is 17.2. The number of benzene rings is 2. The Kier molecular flexibility index (Phi) is 8.04. The lowest BCUT2D eigenvalue weighted by Crippen LogP contribution is -2.51. The number of ether oxygens (including phenoxy) is 1. The van der Waals surface area contributed by atoms with Crippen molar-refractivity contribution in [3.63, 3.8) is 0 Å². The maximum absolute atomic E-state index is 13.3. The van der Waals surface area contributed by atoms with Crippen LogP contribution in [0.3, 0.4) is 0 Å². The number of nitrogens with zero attached hydrogens (tertiary/aromatic N) is 3. The SMILES string of the molecule is CN1CCN(C(=O)CC2(COc3ccccc3)CCN(C(=O)c3ccc(C(C)(C)C)cc3)CC2)CC1. The van der Waals surface area contributed by atoms with Crippen LogP contribution in [0.15, 0.2) is 54.6 Å². The van der Waals surface area contributed by atoms with Gasteiger partial charge in [0.1, 0.15) is 5.75 Å². The zero-order valence-electron chi connectivity index (χ0n) is 22.3. The summed E-state index contributed by atoms with van der Waals surface area (Å²) in [7, 11) is 2.10. The van der Waals surface area contributed by atoms with Crippen molar-refractivity contribution in [2.45, 2.75) is 45.4 Å². The smallest absolute Gasteiger partial charge is 0.253 e. The summed E-state index contributed by atoms with van der Waals surface area (Å²) in [6.45, 7) is 11.7. The number of rotatable bonds is 6. The van der Waals surface area contributed by atoms with E-state index in [-0.39, 0.29) is 22.6 Å². The highest BCUT2D eigenvalue weighted by molar-refractivity contribution is 5.94. The molecule has 0 aliphatic carbocycles. The van der Waals surface area contributed by atoms with Crippen LogP contribution in [0.25, 0.3) is 0 Å². The van der Waals surface area contributed by atoms with Gasteiger partial charge >= 0.3 is 0 Å². The Morgan fingerprint density at radius 1 is 0.833 bits per heavy atom. The molecule has 2 aliphatic rings. The number of piperidine rings is 1. The molecule has 6 heteroatoms. The molecule has 194 valence electrons. The maximum Gasteiger partial charge on any atom is 0.253 e. The Morgan fingerprint density at radius 2 is 1.44 bits per heavy atom. The molecule has 2 aromatic rings. The minimum atomic E-state index is -0.275. The number of carbonyl (C=O) groups is 2. The Labute approximate surface area is 216 Å². The summed E-state index contributed by atoms with van der Waals surface area (Å²) in [5.41, 5.74) is 1.73. The molecular formula is C30H41N3O3. The molecule has 36 heavy (non-hydrogen) atoms. The van der Waals surface area contributed by atoms with Crippen molar-refractivity contribution < 1.29 is 14.3 Å². The van der Waals surface area contributed by atoms with Crippen LogP contribution in [0.5, 0.6) is 5.75 Å². The van der Waals surface area contributed by atoms with E-state index in [0.29, 0.717) is 26.1 Å². The van der Waals surface area contributed by atoms with Gasteiger partial charge in [-0.1, -0.05) is 51.1 Å². The highest BCUT2D eigenvalue weighted by atomic mass is 16.5. The van der Waals surface area contributed by atoms with E-state index < -0.39 is 0 Å². The molecule has 2 aromatic carbocycles. The minimum absolute atomic E-state index is 0.0569. The average molecular weight is 492 g/mol. The molecule has 2 aliphatic heterocycles. The van der Waals surface area contributed by atoms with Crippen molar-refractivity contribution in [3.05, 3.63) is 65.7 Å². The van der Waals surface area contributed by atoms with Crippen molar-refractivity contribution in [3.8, 4) is 5.75 Å². The third-order valence-corrected chi connectivity index (χ3v) is 7.78. The third-order valence-electron chi connectivity index (χ3n) is 7.78. The summed E-state index contributed by atoms with van der Waals surface area (Å²) in [6.07, 6.45) is 1.97. The molecule has 0 aromatic heterocycles. The van der Waals surface area contributed by atoms with Crippen LogP contribution >= 0.6 is 0 Å². The van der Waals surface area contributed by atoms with Crippen LogP contribution in [-0.2, 0) is 10.2 Å². The van der Waals surface area contributed by atoms with Crippen LogP contribution in [0.2, 0.25) is 0 Å². The summed E-state index contributed by atoms with van der Waals surface area (Å²) in [6, 6.07) is 17.8. The van der Waals surface area contributed by atoms with E-state index in [1.165, 1.54) is 5.56 Å². The lowest BCUT2D eigenvalue weighted by atomic mass is 9.75. The van der Waals surface area contributed by atoms with E-state index in [1.807, 2.05) is 52.3 Å². The van der Waals surface area contributed by atoms with Crippen molar-refractivity contribution in [2.24, 2.45) is 5.41 Å². The number of likely N-dealkylation sites (tertiary alicyclic amines) is 1. The van der Waals surface area contributed by atoms with Gasteiger partial charge in [-0.15, -0.1) is 0 Å². The van der Waals surface area contributed by atoms with Gasteiger partial charge in [0.05, 0.1) is 6.61 Å². The molecule has 2 heterocycles. The third kappa shape index (κ3) is 6.47. The Morgan fingerprint density at radius 3 is 2.03 bits per heavy atom. The topological polar surface area (TPSA) is 53.1 Å². The number of amides is 2. The van der Waals surface area contributed by atoms with Gasteiger partial charge in [-0.05, 0) is 55.1 Å². The molecule has 0 atom stereocenters. The summed E-state index contributed by atoms with van der Waals surface area (Å²) in [5, 5.41) is 0. The Hall–Kier alpha value is -2.86. The lowest BCUT2D eigenvalue weighted by molar-refractivity contribution is -0.136. The molecule has 2 saturated heterocycles. The molecule has 6 nitrogen and oxygen atoms in total. The highest BCUT2D eigenvalue weighted by Crippen LogP contribution is 2.37. The van der Waals surface area contributed by atoms with Crippen molar-refractivity contribution in [1.29, 1.82) is 0 Å². The fourth-order valence-electron chi connectivity index (χ4n) is 5.09. The summed E-state index contributed by atoms with van der Waals surface area (Å²) in [5.74, 6) is 1.09. The van der Waals surface area contributed by atoms with Gasteiger partial charge in [0.25, 0.3) is 5.91 Å². The van der Waals surface area contributed by atoms with E-state index in [0.717, 1.165) is 50.3 Å². The predicted molar refractivity (Wildman–Crippen MR) is 143 cm³/mol. The number of hydrogen-bond acceptors (Lipinski definition) is 4. The van der Waals surface area contributed by atoms with E-state index >= 15 is 0 Å². The molecule has 2 fully saturated rings. The quantitative estimate of drug-likeness (QED) is 0.599. The lowest BCUT2D eigenvalue weighted by Gasteiger charge is -2.42. The van der Waals surface area contributed by atoms with E-state index in [1.54, 1.807) is 0 Å². The monoisotopic (exact) mass is 491 g/mol. The van der Waals surface area contributed by atoms with Gasteiger partial charge in [-0.3, -0.25) is 9.59 Å². The summed E-state index contributed by atoms with van der Waals surface area (Å²) in [4.78, 5) is 32.8. The van der Waals surface area contributed by atoms with E-state index in [4.69, 9.17) is 4.74 Å². The number of para-hydroxylation sites is 1. The standard InChI is InChI=1S/C30H41N3O3/c1-29(2,3)25-12-10-24(11-13-25)28(35)33-16-14-30(15-17-33,23-36-26-8-6-5-7-9-26)22-27(34)32-20-18-31(4)19-21-32/h5-13H,14-23H2,1-4H3. The molecule has 0 spiro atoms. The maximum atomic E-state index is 13.3. The molecule has 2 amide bonds. The predicted octanol–water partition coefficient (Wildman–Crippen LogP) is 4.45. The molecule has 0 bridgehead atoms. The van der Waals surface area contributed by atoms with Crippen molar-refractivity contribution in [1.82, 2.24) is 14.7 Å². The molecule has 0 saturated carbocycles. The molecule has 0 unspecified atom stereocenters. The summed E-state index contributed by atoms with van der Waals surface area (Å²) >= 11 is 0. The number of likely N-dealkylation sites (N-methyl/N-ethyl adjacent to an activating group) is 1. The molecule has 0 radical (unpaired) electrons. The average Bonchev–Trinajstić information content (AvgIpc) is 2.88. The number of piperazine rings is 1. The first kappa shape index (κ1) is 26.2. The van der Waals surface area contributed by atoms with Crippen LogP contribution in [-0.4, -0.2) is 79.4 Å². The van der Waals surface area contributed by atoms with E-state index in [9.17, 15) is 9.59 Å². The zero-order valence-corrected chi connectivity index (χ0v) is 22.3. The summed E-state index contributed by atoms with van der Waals surface area (Å²) < 4.78 is 6.20. The van der Waals surface area contributed by atoms with E-state index in [2.05, 4.69) is 44.9 Å². The fraction of sp³-hybridized carbons (Fsp3) is 0.533. The minimum Gasteiger partial charge on any atom is -0.493 e. The largest absolute Gasteiger partial charge is 0.493 e. The second kappa shape index (κ2) is 11.0. The molecule has 0 N–H and O–H groups in total. The van der Waals surface area contributed by atoms with Gasteiger partial charge in [-0.2, -0.15) is 0 Å². The zero-order chi connectivity index (χ0) is 25.8. The number of hydrogen-bond donors (Lipinski definition) is 0. The van der Waals surface area contributed by atoms with Gasteiger partial charge in [0, 0.05) is 56.7 Å². The van der Waals surface area contributed by atoms with Crippen molar-refractivity contribution in [2.75, 3.05) is 52.9 Å². The Balaban J connectivity index is 1.43.